The smallest absolute Gasteiger partial charge is 0.393 e. The van der Waals surface area contributed by atoms with E-state index in [1.165, 1.54) is 0 Å². The Hall–Kier alpha value is -2.36. The molecule has 27 heavy (non-hydrogen) atoms. The summed E-state index contributed by atoms with van der Waals surface area (Å²) in [6.45, 7) is 0. The van der Waals surface area contributed by atoms with Gasteiger partial charge in [0.15, 0.2) is 6.20 Å². The van der Waals surface area contributed by atoms with E-state index in [1.807, 2.05) is 60.8 Å². The molecule has 0 unspecified atom stereocenters. The van der Waals surface area contributed by atoms with Gasteiger partial charge in [0.1, 0.15) is 11.4 Å². The monoisotopic (exact) mass is 598 g/mol. The molecule has 0 aliphatic carbocycles. The Morgan fingerprint density at radius 1 is 0.815 bits per heavy atom. The molecule has 3 heterocycles. The molecular weight excluding hydrogens is 583 g/mol. The number of halogens is 1. The van der Waals surface area contributed by atoms with Gasteiger partial charge in [-0.1, -0.05) is 34.1 Å². The van der Waals surface area contributed by atoms with Gasteiger partial charge in [0.2, 0.25) is 0 Å². The van der Waals surface area contributed by atoms with Crippen molar-refractivity contribution in [3.8, 4) is 33.9 Å². The van der Waals surface area contributed by atoms with Crippen molar-refractivity contribution in [1.82, 2.24) is 9.97 Å². The average Bonchev–Trinajstić information content (AvgIpc) is 2.69. The number of nitrogen functional groups attached to an aromatic ring is 1. The fourth-order valence-electron chi connectivity index (χ4n) is 2.78. The molecule has 0 atom stereocenters. The van der Waals surface area contributed by atoms with Gasteiger partial charge in [-0.15, -0.1) is 0 Å². The summed E-state index contributed by atoms with van der Waals surface area (Å²) < 4.78 is 1.04. The van der Waals surface area contributed by atoms with E-state index in [4.69, 9.17) is 10.7 Å². The number of rotatable bonds is 3. The molecule has 0 bridgehead atoms. The van der Waals surface area contributed by atoms with Crippen LogP contribution in [0.5, 0.6) is 0 Å². The van der Waals surface area contributed by atoms with Crippen molar-refractivity contribution < 1.29 is 26.0 Å². The van der Waals surface area contributed by atoms with Gasteiger partial charge in [-0.05, 0) is 53.6 Å². The minimum Gasteiger partial charge on any atom is -0.393 e. The molecule has 3 N–H and O–H groups in total. The van der Waals surface area contributed by atoms with Gasteiger partial charge < -0.3 is 5.73 Å². The van der Waals surface area contributed by atoms with Crippen LogP contribution in [0.4, 0.5) is 5.69 Å². The van der Waals surface area contributed by atoms with E-state index < -0.39 is 0 Å². The Bertz CT molecular complexity index is 1050. The van der Waals surface area contributed by atoms with E-state index in [0.29, 0.717) is 5.69 Å². The van der Waals surface area contributed by atoms with Crippen LogP contribution in [0.25, 0.3) is 33.9 Å². The summed E-state index contributed by atoms with van der Waals surface area (Å²) in [6.07, 6.45) is 3.62. The maximum absolute atomic E-state index is 6.16. The maximum atomic E-state index is 6.16. The molecular formula is C21H16BrN4Pt+3. The average molecular weight is 599 g/mol. The van der Waals surface area contributed by atoms with Crippen LogP contribution < -0.4 is 10.7 Å². The van der Waals surface area contributed by atoms with Gasteiger partial charge in [-0.3, -0.25) is 4.98 Å². The van der Waals surface area contributed by atoms with Crippen LogP contribution in [0, 0.1) is 0 Å². The van der Waals surface area contributed by atoms with E-state index in [9.17, 15) is 0 Å². The summed E-state index contributed by atoms with van der Waals surface area (Å²) in [5.74, 6) is 0. The van der Waals surface area contributed by atoms with Gasteiger partial charge in [0, 0.05) is 16.7 Å². The number of aromatic nitrogens is 3. The van der Waals surface area contributed by atoms with E-state index in [1.54, 1.807) is 6.20 Å². The van der Waals surface area contributed by atoms with Gasteiger partial charge >= 0.3 is 21.1 Å². The zero-order chi connectivity index (χ0) is 17.9. The van der Waals surface area contributed by atoms with Gasteiger partial charge in [-0.25, -0.2) is 9.97 Å². The van der Waals surface area contributed by atoms with Gasteiger partial charge in [0.25, 0.3) is 5.69 Å². The van der Waals surface area contributed by atoms with Gasteiger partial charge in [0.05, 0.1) is 11.4 Å². The van der Waals surface area contributed by atoms with Crippen molar-refractivity contribution >= 4 is 21.6 Å². The fraction of sp³-hybridized carbons (Fsp3) is 0. The summed E-state index contributed by atoms with van der Waals surface area (Å²) in [6, 6.07) is 21.8. The second kappa shape index (κ2) is 8.55. The summed E-state index contributed by atoms with van der Waals surface area (Å²) >= 11 is 3.49. The van der Waals surface area contributed by atoms with E-state index in [2.05, 4.69) is 38.0 Å². The zero-order valence-electron chi connectivity index (χ0n) is 14.2. The standard InChI is InChI=1S/C21H15BrN4.Pt/c22-16-8-6-14(7-9-16)15-12-19(18-5-1-2-10-24-18)26-20(13-15)21-17(23)4-3-11-25-21;/h1-13H,23H2;/q;+2/p+1. The van der Waals surface area contributed by atoms with Crippen molar-refractivity contribution in [1.29, 1.82) is 0 Å². The second-order valence-electron chi connectivity index (χ2n) is 5.85. The van der Waals surface area contributed by atoms with Crippen molar-refractivity contribution in [2.45, 2.75) is 0 Å². The van der Waals surface area contributed by atoms with Crippen LogP contribution >= 0.6 is 15.9 Å². The summed E-state index contributed by atoms with van der Waals surface area (Å²) in [5.41, 5.74) is 12.2. The molecule has 4 aromatic rings. The third-order valence-corrected chi connectivity index (χ3v) is 4.60. The number of nitrogens with two attached hydrogens (primary N) is 1. The first kappa shape index (κ1) is 19.4. The SMILES string of the molecule is Nc1ccc[nH+]c1-c1cc(-c2ccc(Br)cc2)cc(-c2ccccn2)n1.[Pt+2]. The van der Waals surface area contributed by atoms with E-state index in [0.717, 1.165) is 38.4 Å². The third-order valence-electron chi connectivity index (χ3n) is 4.07. The molecule has 0 amide bonds. The van der Waals surface area contributed by atoms with Crippen molar-refractivity contribution in [2.75, 3.05) is 5.73 Å². The minimum atomic E-state index is 0. The molecule has 0 aliphatic rings. The molecule has 0 saturated carbocycles. The Morgan fingerprint density at radius 2 is 1.59 bits per heavy atom. The molecule has 3 aromatic heterocycles. The topological polar surface area (TPSA) is 65.9 Å². The van der Waals surface area contributed by atoms with Crippen LogP contribution in [-0.4, -0.2) is 9.97 Å². The minimum absolute atomic E-state index is 0. The molecule has 0 aliphatic heterocycles. The van der Waals surface area contributed by atoms with E-state index in [-0.39, 0.29) is 21.1 Å². The van der Waals surface area contributed by atoms with Crippen molar-refractivity contribution in [3.63, 3.8) is 0 Å². The first-order chi connectivity index (χ1) is 12.7. The molecule has 0 saturated heterocycles. The maximum Gasteiger partial charge on any atom is 2.00 e. The molecule has 6 heteroatoms. The largest absolute Gasteiger partial charge is 2.00 e. The second-order valence-corrected chi connectivity index (χ2v) is 6.76. The molecule has 0 fully saturated rings. The third kappa shape index (κ3) is 4.32. The Morgan fingerprint density at radius 3 is 2.30 bits per heavy atom. The molecule has 4 rings (SSSR count). The number of aromatic amines is 1. The Labute approximate surface area is 180 Å². The van der Waals surface area contributed by atoms with E-state index >= 15 is 0 Å². The number of pyridine rings is 3. The first-order valence-electron chi connectivity index (χ1n) is 8.17. The molecule has 0 spiro atoms. The summed E-state index contributed by atoms with van der Waals surface area (Å²) in [7, 11) is 0. The van der Waals surface area contributed by atoms with Crippen molar-refractivity contribution in [2.24, 2.45) is 0 Å². The molecule has 1 aromatic carbocycles. The van der Waals surface area contributed by atoms with Crippen LogP contribution in [-0.2, 0) is 21.1 Å². The molecule has 0 radical (unpaired) electrons. The first-order valence-corrected chi connectivity index (χ1v) is 8.96. The number of benzene rings is 1. The summed E-state index contributed by atoms with van der Waals surface area (Å²) in [4.78, 5) is 12.4. The predicted octanol–water partition coefficient (Wildman–Crippen LogP) is 4.63. The van der Waals surface area contributed by atoms with Crippen LogP contribution in [0.2, 0.25) is 0 Å². The Kier molecular flexibility index (Phi) is 6.14. The number of nitrogens with zero attached hydrogens (tertiary/aromatic N) is 2. The number of anilines is 1. The number of hydrogen-bond acceptors (Lipinski definition) is 3. The van der Waals surface area contributed by atoms with Crippen molar-refractivity contribution in [3.05, 3.63) is 83.6 Å². The normalized spacial score (nSPS) is 10.3. The molecule has 4 nitrogen and oxygen atoms in total. The number of H-pyrrole nitrogens is 1. The number of nitrogens with one attached hydrogen (secondary N) is 1. The van der Waals surface area contributed by atoms with Crippen LogP contribution in [0.3, 0.4) is 0 Å². The van der Waals surface area contributed by atoms with Crippen LogP contribution in [0.15, 0.2) is 83.6 Å². The van der Waals surface area contributed by atoms with Gasteiger partial charge in [-0.2, -0.15) is 0 Å². The molecule has 134 valence electrons. The number of hydrogen-bond donors (Lipinski definition) is 1. The van der Waals surface area contributed by atoms with Crippen LogP contribution in [0.1, 0.15) is 0 Å². The fourth-order valence-corrected chi connectivity index (χ4v) is 3.05. The summed E-state index contributed by atoms with van der Waals surface area (Å²) in [5, 5.41) is 0. The quantitative estimate of drug-likeness (QED) is 0.374. The Balaban J connectivity index is 0.00000210. The zero-order valence-corrected chi connectivity index (χ0v) is 18.0. The predicted molar refractivity (Wildman–Crippen MR) is 107 cm³/mol.